The summed E-state index contributed by atoms with van der Waals surface area (Å²) in [7, 11) is 0. The van der Waals surface area contributed by atoms with Crippen LogP contribution in [0.3, 0.4) is 0 Å². The topological polar surface area (TPSA) is 72.8 Å². The number of carbonyl (C=O) groups is 2. The SMILES string of the molecule is O=C(O)CCC(=O)OCCCCCC=C1c2cc(Cl)c(Cl)cc2Oc2cc(Cl)c(Cl)cc21. The van der Waals surface area contributed by atoms with Crippen LogP contribution in [0.1, 0.15) is 49.7 Å². The molecule has 0 amide bonds. The second kappa shape index (κ2) is 11.3. The Morgan fingerprint density at radius 3 is 1.97 bits per heavy atom. The lowest BCUT2D eigenvalue weighted by Crippen LogP contribution is -2.08. The minimum Gasteiger partial charge on any atom is -0.481 e. The van der Waals surface area contributed by atoms with E-state index in [4.69, 9.17) is 61.0 Å². The number of ether oxygens (including phenoxy) is 2. The summed E-state index contributed by atoms with van der Waals surface area (Å²) in [5, 5.41) is 10.2. The molecule has 0 saturated heterocycles. The third-order valence-electron chi connectivity index (χ3n) is 4.85. The first-order chi connectivity index (χ1) is 15.3. The molecule has 0 aromatic heterocycles. The fraction of sp³-hybridized carbons (Fsp3) is 0.304. The quantitative estimate of drug-likeness (QED) is 0.231. The number of esters is 1. The highest BCUT2D eigenvalue weighted by Crippen LogP contribution is 2.48. The van der Waals surface area contributed by atoms with Gasteiger partial charge in [-0.1, -0.05) is 52.5 Å². The van der Waals surface area contributed by atoms with E-state index in [1.807, 2.05) is 0 Å². The molecular weight excluding hydrogens is 498 g/mol. The van der Waals surface area contributed by atoms with E-state index in [-0.39, 0.29) is 19.4 Å². The lowest BCUT2D eigenvalue weighted by Gasteiger charge is -2.24. The highest BCUT2D eigenvalue weighted by atomic mass is 35.5. The normalized spacial score (nSPS) is 11.9. The molecule has 0 bridgehead atoms. The summed E-state index contributed by atoms with van der Waals surface area (Å²) in [5.74, 6) is -0.330. The van der Waals surface area contributed by atoms with Crippen LogP contribution in [-0.2, 0) is 14.3 Å². The van der Waals surface area contributed by atoms with Crippen LogP contribution in [0.4, 0.5) is 0 Å². The number of aliphatic carboxylic acids is 1. The van der Waals surface area contributed by atoms with Crippen molar-refractivity contribution in [2.75, 3.05) is 6.61 Å². The van der Waals surface area contributed by atoms with E-state index >= 15 is 0 Å². The van der Waals surface area contributed by atoms with Crippen LogP contribution < -0.4 is 4.74 Å². The van der Waals surface area contributed by atoms with Crippen LogP contribution in [-0.4, -0.2) is 23.7 Å². The van der Waals surface area contributed by atoms with Gasteiger partial charge in [-0.15, -0.1) is 0 Å². The maximum atomic E-state index is 11.4. The van der Waals surface area contributed by atoms with Gasteiger partial charge in [0.05, 0.1) is 39.5 Å². The fourth-order valence-corrected chi connectivity index (χ4v) is 3.90. The lowest BCUT2D eigenvalue weighted by atomic mass is 9.92. The van der Waals surface area contributed by atoms with Gasteiger partial charge < -0.3 is 14.6 Å². The Morgan fingerprint density at radius 2 is 1.41 bits per heavy atom. The van der Waals surface area contributed by atoms with Crippen molar-refractivity contribution in [1.82, 2.24) is 0 Å². The molecule has 0 atom stereocenters. The number of hydrogen-bond acceptors (Lipinski definition) is 4. The van der Waals surface area contributed by atoms with Crippen molar-refractivity contribution in [1.29, 1.82) is 0 Å². The van der Waals surface area contributed by atoms with E-state index in [1.54, 1.807) is 24.3 Å². The number of allylic oxidation sites excluding steroid dienone is 1. The second-order valence-corrected chi connectivity index (χ2v) is 8.84. The standard InChI is InChI=1S/C23H20Cl4O5/c24-16-9-14-13(5-3-1-2-4-8-31-23(30)7-6-22(28)29)15-10-17(25)19(27)12-21(15)32-20(14)11-18(16)26/h5,9-12H,1-4,6-8H2,(H,28,29). The summed E-state index contributed by atoms with van der Waals surface area (Å²) in [4.78, 5) is 21.9. The fourth-order valence-electron chi connectivity index (χ4n) is 3.27. The van der Waals surface area contributed by atoms with Gasteiger partial charge in [-0.25, -0.2) is 0 Å². The lowest BCUT2D eigenvalue weighted by molar-refractivity contribution is -0.147. The molecular formula is C23H20Cl4O5. The van der Waals surface area contributed by atoms with E-state index in [0.717, 1.165) is 36.0 Å². The van der Waals surface area contributed by atoms with Crippen molar-refractivity contribution in [2.24, 2.45) is 0 Å². The number of carboxylic acid groups (broad SMARTS) is 1. The Bertz CT molecular complexity index is 1010. The Labute approximate surface area is 205 Å². The molecule has 0 spiro atoms. The van der Waals surface area contributed by atoms with Gasteiger partial charge in [0, 0.05) is 23.3 Å². The number of benzene rings is 2. The number of fused-ring (bicyclic) bond motifs is 2. The van der Waals surface area contributed by atoms with Gasteiger partial charge in [-0.05, 0) is 43.4 Å². The van der Waals surface area contributed by atoms with Crippen LogP contribution in [0, 0.1) is 0 Å². The summed E-state index contributed by atoms with van der Waals surface area (Å²) in [6.45, 7) is 0.275. The molecule has 32 heavy (non-hydrogen) atoms. The molecule has 1 N–H and O–H groups in total. The van der Waals surface area contributed by atoms with E-state index in [1.165, 1.54) is 0 Å². The molecule has 1 aliphatic rings. The number of unbranched alkanes of at least 4 members (excludes halogenated alkanes) is 3. The average molecular weight is 518 g/mol. The first-order valence-corrected chi connectivity index (χ1v) is 11.5. The molecule has 0 radical (unpaired) electrons. The highest BCUT2D eigenvalue weighted by Gasteiger charge is 2.24. The average Bonchev–Trinajstić information content (AvgIpc) is 2.73. The minimum absolute atomic E-state index is 0.110. The van der Waals surface area contributed by atoms with Crippen LogP contribution in [0.25, 0.3) is 5.57 Å². The van der Waals surface area contributed by atoms with Gasteiger partial charge in [-0.2, -0.15) is 0 Å². The van der Waals surface area contributed by atoms with Gasteiger partial charge in [0.15, 0.2) is 0 Å². The highest BCUT2D eigenvalue weighted by molar-refractivity contribution is 6.43. The first kappa shape index (κ1) is 24.7. The van der Waals surface area contributed by atoms with Crippen molar-refractivity contribution in [3.05, 3.63) is 61.6 Å². The number of hydrogen-bond donors (Lipinski definition) is 1. The van der Waals surface area contributed by atoms with Crippen LogP contribution in [0.5, 0.6) is 11.5 Å². The molecule has 3 rings (SSSR count). The van der Waals surface area contributed by atoms with Crippen LogP contribution >= 0.6 is 46.4 Å². The zero-order valence-corrected chi connectivity index (χ0v) is 20.0. The predicted molar refractivity (Wildman–Crippen MR) is 126 cm³/mol. The van der Waals surface area contributed by atoms with Crippen molar-refractivity contribution < 1.29 is 24.2 Å². The smallest absolute Gasteiger partial charge is 0.306 e. The van der Waals surface area contributed by atoms with Crippen LogP contribution in [0.15, 0.2) is 30.3 Å². The van der Waals surface area contributed by atoms with Gasteiger partial charge in [-0.3, -0.25) is 9.59 Å². The Hall–Kier alpha value is -1.92. The maximum absolute atomic E-state index is 11.4. The summed E-state index contributed by atoms with van der Waals surface area (Å²) >= 11 is 24.8. The third-order valence-corrected chi connectivity index (χ3v) is 6.29. The van der Waals surface area contributed by atoms with E-state index < -0.39 is 11.9 Å². The molecule has 5 nitrogen and oxygen atoms in total. The largest absolute Gasteiger partial charge is 0.481 e. The maximum Gasteiger partial charge on any atom is 0.306 e. The monoisotopic (exact) mass is 516 g/mol. The number of halogens is 4. The molecule has 0 aliphatic carbocycles. The zero-order chi connectivity index (χ0) is 23.3. The molecule has 170 valence electrons. The Balaban J connectivity index is 1.64. The number of rotatable bonds is 9. The predicted octanol–water partition coefficient (Wildman–Crippen LogP) is 7.81. The summed E-state index contributed by atoms with van der Waals surface area (Å²) < 4.78 is 11.0. The van der Waals surface area contributed by atoms with Gasteiger partial charge in [0.2, 0.25) is 0 Å². The van der Waals surface area contributed by atoms with E-state index in [0.29, 0.717) is 38.0 Å². The van der Waals surface area contributed by atoms with E-state index in [2.05, 4.69) is 6.08 Å². The molecule has 0 unspecified atom stereocenters. The van der Waals surface area contributed by atoms with Gasteiger partial charge in [0.25, 0.3) is 0 Å². The second-order valence-electron chi connectivity index (χ2n) is 7.21. The van der Waals surface area contributed by atoms with Gasteiger partial charge >= 0.3 is 11.9 Å². The molecule has 0 saturated carbocycles. The summed E-state index contributed by atoms with van der Waals surface area (Å²) in [5.41, 5.74) is 2.56. The Morgan fingerprint density at radius 1 is 0.844 bits per heavy atom. The molecule has 1 aliphatic heterocycles. The summed E-state index contributed by atoms with van der Waals surface area (Å²) in [6.07, 6.45) is 4.93. The van der Waals surface area contributed by atoms with Crippen molar-refractivity contribution in [3.63, 3.8) is 0 Å². The molecule has 1 heterocycles. The van der Waals surface area contributed by atoms with Crippen molar-refractivity contribution in [2.45, 2.75) is 38.5 Å². The number of carbonyl (C=O) groups excluding carboxylic acids is 1. The van der Waals surface area contributed by atoms with Crippen LogP contribution in [0.2, 0.25) is 20.1 Å². The van der Waals surface area contributed by atoms with Gasteiger partial charge in [0.1, 0.15) is 11.5 Å². The van der Waals surface area contributed by atoms with Crippen molar-refractivity contribution in [3.8, 4) is 11.5 Å². The van der Waals surface area contributed by atoms with Crippen molar-refractivity contribution >= 4 is 63.9 Å². The zero-order valence-electron chi connectivity index (χ0n) is 16.9. The first-order valence-electron chi connectivity index (χ1n) is 10.0. The Kier molecular flexibility index (Phi) is 8.72. The van der Waals surface area contributed by atoms with E-state index in [9.17, 15) is 9.59 Å². The molecule has 2 aromatic rings. The third kappa shape index (κ3) is 6.32. The minimum atomic E-state index is -1.02. The summed E-state index contributed by atoms with van der Waals surface area (Å²) in [6, 6.07) is 6.90. The molecule has 9 heteroatoms. The molecule has 2 aromatic carbocycles. The number of carboxylic acids is 1. The molecule has 0 fully saturated rings.